The van der Waals surface area contributed by atoms with E-state index < -0.39 is 10.8 Å². The Morgan fingerprint density at radius 2 is 2.38 bits per heavy atom. The van der Waals surface area contributed by atoms with Crippen molar-refractivity contribution >= 4 is 11.6 Å². The minimum absolute atomic E-state index is 0.120. The van der Waals surface area contributed by atoms with Gasteiger partial charge in [-0.15, -0.1) is 0 Å². The molecule has 0 fully saturated rings. The monoisotopic (exact) mass is 330 g/mol. The van der Waals surface area contributed by atoms with Crippen molar-refractivity contribution in [1.29, 1.82) is 0 Å². The van der Waals surface area contributed by atoms with E-state index in [9.17, 15) is 14.9 Å². The molecule has 0 aliphatic heterocycles. The summed E-state index contributed by atoms with van der Waals surface area (Å²) < 4.78 is 5.25. The van der Waals surface area contributed by atoms with Gasteiger partial charge in [-0.2, -0.15) is 5.10 Å². The largest absolute Gasteiger partial charge is 0.497 e. The van der Waals surface area contributed by atoms with Gasteiger partial charge in [-0.1, -0.05) is 6.07 Å². The maximum atomic E-state index is 12.2. The number of aromatic nitrogens is 2. The number of nitrogens with one attached hydrogen (secondary N) is 2. The molecule has 1 aliphatic carbocycles. The van der Waals surface area contributed by atoms with Crippen molar-refractivity contribution < 1.29 is 14.5 Å². The van der Waals surface area contributed by atoms with E-state index in [0.717, 1.165) is 31.2 Å². The Bertz CT molecular complexity index is 771. The number of benzene rings is 1. The van der Waals surface area contributed by atoms with Gasteiger partial charge < -0.3 is 10.1 Å². The molecule has 2 aromatic rings. The standard InChI is InChI=1S/C16H18N4O4/c1-24-12-5-6-13-10(7-12)3-2-4-11(13)8-17-16(21)15-14(20(22)23)9-18-19-15/h5-7,9,11H,2-4,8H2,1H3,(H,17,21)(H,18,19). The minimum Gasteiger partial charge on any atom is -0.497 e. The second-order valence-corrected chi connectivity index (χ2v) is 5.75. The highest BCUT2D eigenvalue weighted by Gasteiger charge is 2.25. The average Bonchev–Trinajstić information content (AvgIpc) is 3.09. The average molecular weight is 330 g/mol. The predicted octanol–water partition coefficient (Wildman–Crippen LogP) is 2.18. The molecule has 0 saturated carbocycles. The van der Waals surface area contributed by atoms with Gasteiger partial charge in [0.2, 0.25) is 5.69 Å². The van der Waals surface area contributed by atoms with Crippen molar-refractivity contribution in [3.63, 3.8) is 0 Å². The number of nitro groups is 1. The van der Waals surface area contributed by atoms with Gasteiger partial charge in [-0.25, -0.2) is 0 Å². The zero-order chi connectivity index (χ0) is 17.1. The second-order valence-electron chi connectivity index (χ2n) is 5.75. The van der Waals surface area contributed by atoms with Gasteiger partial charge in [-0.3, -0.25) is 20.0 Å². The normalized spacial score (nSPS) is 16.3. The molecule has 0 spiro atoms. The summed E-state index contributed by atoms with van der Waals surface area (Å²) in [6, 6.07) is 5.98. The third-order valence-electron chi connectivity index (χ3n) is 4.34. The number of aryl methyl sites for hydroxylation is 1. The van der Waals surface area contributed by atoms with Crippen LogP contribution in [0.4, 0.5) is 5.69 Å². The van der Waals surface area contributed by atoms with E-state index in [1.54, 1.807) is 7.11 Å². The van der Waals surface area contributed by atoms with E-state index in [1.807, 2.05) is 18.2 Å². The third kappa shape index (κ3) is 3.08. The van der Waals surface area contributed by atoms with Crippen LogP contribution in [-0.4, -0.2) is 34.7 Å². The number of ether oxygens (including phenoxy) is 1. The fourth-order valence-electron chi connectivity index (χ4n) is 3.12. The van der Waals surface area contributed by atoms with Gasteiger partial charge in [0, 0.05) is 12.5 Å². The van der Waals surface area contributed by atoms with Crippen LogP contribution in [0.2, 0.25) is 0 Å². The first-order valence-electron chi connectivity index (χ1n) is 7.73. The molecule has 8 nitrogen and oxygen atoms in total. The molecular formula is C16H18N4O4. The maximum absolute atomic E-state index is 12.2. The highest BCUT2D eigenvalue weighted by molar-refractivity contribution is 5.96. The Hall–Kier alpha value is -2.90. The fraction of sp³-hybridized carbons (Fsp3) is 0.375. The van der Waals surface area contributed by atoms with Crippen LogP contribution < -0.4 is 10.1 Å². The molecule has 1 atom stereocenters. The molecule has 24 heavy (non-hydrogen) atoms. The van der Waals surface area contributed by atoms with Crippen molar-refractivity contribution in [2.75, 3.05) is 13.7 Å². The summed E-state index contributed by atoms with van der Waals surface area (Å²) in [7, 11) is 1.64. The van der Waals surface area contributed by atoms with Crippen molar-refractivity contribution in [2.45, 2.75) is 25.2 Å². The van der Waals surface area contributed by atoms with Crippen molar-refractivity contribution in [2.24, 2.45) is 0 Å². The summed E-state index contributed by atoms with van der Waals surface area (Å²) in [6.45, 7) is 0.425. The smallest absolute Gasteiger partial charge is 0.319 e. The SMILES string of the molecule is COc1ccc2c(c1)CCCC2CNC(=O)c1[nH]ncc1[N+](=O)[O-]. The first-order chi connectivity index (χ1) is 11.6. The highest BCUT2D eigenvalue weighted by Crippen LogP contribution is 2.33. The molecule has 2 N–H and O–H groups in total. The molecular weight excluding hydrogens is 312 g/mol. The molecule has 1 aliphatic rings. The number of hydrogen-bond acceptors (Lipinski definition) is 5. The second kappa shape index (κ2) is 6.69. The highest BCUT2D eigenvalue weighted by atomic mass is 16.6. The number of H-pyrrole nitrogens is 1. The van der Waals surface area contributed by atoms with Gasteiger partial charge in [0.15, 0.2) is 0 Å². The molecule has 1 aromatic heterocycles. The van der Waals surface area contributed by atoms with Crippen LogP contribution >= 0.6 is 0 Å². The Morgan fingerprint density at radius 1 is 1.54 bits per heavy atom. The molecule has 8 heteroatoms. The number of aromatic amines is 1. The van der Waals surface area contributed by atoms with Crippen LogP contribution in [-0.2, 0) is 6.42 Å². The van der Waals surface area contributed by atoms with E-state index in [2.05, 4.69) is 15.5 Å². The van der Waals surface area contributed by atoms with Crippen molar-refractivity contribution in [1.82, 2.24) is 15.5 Å². The maximum Gasteiger partial charge on any atom is 0.319 e. The van der Waals surface area contributed by atoms with Crippen molar-refractivity contribution in [3.05, 3.63) is 51.3 Å². The Kier molecular flexibility index (Phi) is 4.45. The van der Waals surface area contributed by atoms with E-state index >= 15 is 0 Å². The molecule has 0 saturated heterocycles. The lowest BCUT2D eigenvalue weighted by atomic mass is 9.82. The predicted molar refractivity (Wildman–Crippen MR) is 86.2 cm³/mol. The quantitative estimate of drug-likeness (QED) is 0.645. The number of carbonyl (C=O) groups excluding carboxylic acids is 1. The van der Waals surface area contributed by atoms with E-state index in [1.165, 1.54) is 11.1 Å². The van der Waals surface area contributed by atoms with E-state index in [4.69, 9.17) is 4.74 Å². The van der Waals surface area contributed by atoms with E-state index in [0.29, 0.717) is 6.54 Å². The summed E-state index contributed by atoms with van der Waals surface area (Å²) in [5, 5.41) is 19.6. The molecule has 0 bridgehead atoms. The molecule has 1 aromatic carbocycles. The number of rotatable bonds is 5. The minimum atomic E-state index is -0.624. The molecule has 126 valence electrons. The number of amides is 1. The van der Waals surface area contributed by atoms with Crippen LogP contribution in [0, 0.1) is 10.1 Å². The van der Waals surface area contributed by atoms with E-state index in [-0.39, 0.29) is 17.3 Å². The fourth-order valence-corrected chi connectivity index (χ4v) is 3.12. The summed E-state index contributed by atoms with van der Waals surface area (Å²) >= 11 is 0. The van der Waals surface area contributed by atoms with Crippen molar-refractivity contribution in [3.8, 4) is 5.75 Å². The Labute approximate surface area is 138 Å². The molecule has 1 amide bonds. The molecule has 0 radical (unpaired) electrons. The number of methoxy groups -OCH3 is 1. The van der Waals surface area contributed by atoms with Crippen LogP contribution in [0.3, 0.4) is 0 Å². The van der Waals surface area contributed by atoms with Crippen LogP contribution in [0.25, 0.3) is 0 Å². The van der Waals surface area contributed by atoms with Gasteiger partial charge in [0.25, 0.3) is 5.91 Å². The number of carbonyl (C=O) groups is 1. The van der Waals surface area contributed by atoms with Crippen LogP contribution in [0.5, 0.6) is 5.75 Å². The van der Waals surface area contributed by atoms with Crippen LogP contribution in [0.1, 0.15) is 40.4 Å². The summed E-state index contributed by atoms with van der Waals surface area (Å²) in [6.07, 6.45) is 4.02. The Balaban J connectivity index is 1.71. The summed E-state index contributed by atoms with van der Waals surface area (Å²) in [4.78, 5) is 22.4. The zero-order valence-electron chi connectivity index (χ0n) is 13.2. The zero-order valence-corrected chi connectivity index (χ0v) is 13.2. The van der Waals surface area contributed by atoms with Gasteiger partial charge >= 0.3 is 5.69 Å². The lowest BCUT2D eigenvalue weighted by molar-refractivity contribution is -0.385. The lowest BCUT2D eigenvalue weighted by Gasteiger charge is -2.26. The van der Waals surface area contributed by atoms with Gasteiger partial charge in [0.05, 0.1) is 12.0 Å². The molecule has 1 unspecified atom stereocenters. The molecule has 1 heterocycles. The first-order valence-corrected chi connectivity index (χ1v) is 7.73. The lowest BCUT2D eigenvalue weighted by Crippen LogP contribution is -2.30. The van der Waals surface area contributed by atoms with Gasteiger partial charge in [-0.05, 0) is 42.5 Å². The third-order valence-corrected chi connectivity index (χ3v) is 4.34. The Morgan fingerprint density at radius 3 is 3.12 bits per heavy atom. The molecule has 3 rings (SSSR count). The summed E-state index contributed by atoms with van der Waals surface area (Å²) in [5.74, 6) is 0.497. The topological polar surface area (TPSA) is 110 Å². The number of nitrogens with zero attached hydrogens (tertiary/aromatic N) is 2. The van der Waals surface area contributed by atoms with Gasteiger partial charge in [0.1, 0.15) is 11.9 Å². The summed E-state index contributed by atoms with van der Waals surface area (Å²) in [5.41, 5.74) is 1.99. The number of hydrogen-bond donors (Lipinski definition) is 2. The first kappa shape index (κ1) is 16.0. The van der Waals surface area contributed by atoms with Crippen LogP contribution in [0.15, 0.2) is 24.4 Å². The number of fused-ring (bicyclic) bond motifs is 1.